The van der Waals surface area contributed by atoms with Gasteiger partial charge in [-0.3, -0.25) is 5.10 Å². The molecule has 136 valence electrons. The molecule has 4 heteroatoms. The van der Waals surface area contributed by atoms with Gasteiger partial charge in [-0.05, 0) is 61.6 Å². The average Bonchev–Trinajstić information content (AvgIpc) is 3.16. The summed E-state index contributed by atoms with van der Waals surface area (Å²) in [5.74, 6) is 0.877. The third kappa shape index (κ3) is 3.85. The van der Waals surface area contributed by atoms with Gasteiger partial charge in [-0.25, -0.2) is 4.98 Å². The summed E-state index contributed by atoms with van der Waals surface area (Å²) in [7, 11) is 0. The SMILES string of the molecule is CC1=CCCC(C)=C1c1ccnc(NCc2cc(-c3ccccc3)n[nH]2)c1. The number of H-pyrrole nitrogens is 1. The molecule has 3 aromatic rings. The van der Waals surface area contributed by atoms with Crippen molar-refractivity contribution in [2.45, 2.75) is 33.2 Å². The maximum atomic E-state index is 4.48. The first-order valence-corrected chi connectivity index (χ1v) is 9.37. The van der Waals surface area contributed by atoms with Crippen LogP contribution in [0.25, 0.3) is 16.8 Å². The quantitative estimate of drug-likeness (QED) is 0.626. The molecule has 4 rings (SSSR count). The number of rotatable bonds is 5. The van der Waals surface area contributed by atoms with Crippen LogP contribution in [0.2, 0.25) is 0 Å². The Hall–Kier alpha value is -3.14. The van der Waals surface area contributed by atoms with Gasteiger partial charge in [0.1, 0.15) is 5.82 Å². The van der Waals surface area contributed by atoms with Gasteiger partial charge in [0.2, 0.25) is 0 Å². The van der Waals surface area contributed by atoms with Crippen LogP contribution in [0.1, 0.15) is 37.9 Å². The normalized spacial score (nSPS) is 14.2. The second-order valence-corrected chi connectivity index (χ2v) is 7.01. The van der Waals surface area contributed by atoms with Gasteiger partial charge in [0.05, 0.1) is 17.9 Å². The third-order valence-corrected chi connectivity index (χ3v) is 5.00. The van der Waals surface area contributed by atoms with Crippen molar-refractivity contribution < 1.29 is 0 Å². The van der Waals surface area contributed by atoms with Crippen LogP contribution in [0.5, 0.6) is 0 Å². The Bertz CT molecular complexity index is 996. The highest BCUT2D eigenvalue weighted by atomic mass is 15.1. The van der Waals surface area contributed by atoms with Crippen LogP contribution in [0, 0.1) is 0 Å². The summed E-state index contributed by atoms with van der Waals surface area (Å²) < 4.78 is 0. The molecule has 1 aliphatic rings. The van der Waals surface area contributed by atoms with Crippen molar-refractivity contribution in [3.63, 3.8) is 0 Å². The van der Waals surface area contributed by atoms with Gasteiger partial charge >= 0.3 is 0 Å². The number of allylic oxidation sites excluding steroid dienone is 4. The lowest BCUT2D eigenvalue weighted by Crippen LogP contribution is -2.03. The Morgan fingerprint density at radius 2 is 1.89 bits per heavy atom. The number of nitrogens with one attached hydrogen (secondary N) is 2. The van der Waals surface area contributed by atoms with Gasteiger partial charge < -0.3 is 5.32 Å². The molecule has 1 aromatic carbocycles. The van der Waals surface area contributed by atoms with Crippen molar-refractivity contribution >= 4 is 11.4 Å². The van der Waals surface area contributed by atoms with E-state index in [-0.39, 0.29) is 0 Å². The van der Waals surface area contributed by atoms with E-state index < -0.39 is 0 Å². The molecule has 0 fully saturated rings. The maximum absolute atomic E-state index is 4.48. The van der Waals surface area contributed by atoms with Gasteiger partial charge in [0.15, 0.2) is 0 Å². The van der Waals surface area contributed by atoms with Gasteiger partial charge in [0, 0.05) is 11.8 Å². The number of nitrogens with zero attached hydrogens (tertiary/aromatic N) is 2. The van der Waals surface area contributed by atoms with Crippen LogP contribution < -0.4 is 5.32 Å². The van der Waals surface area contributed by atoms with E-state index in [9.17, 15) is 0 Å². The Morgan fingerprint density at radius 1 is 1.04 bits per heavy atom. The molecule has 0 atom stereocenters. The molecule has 2 N–H and O–H groups in total. The van der Waals surface area contributed by atoms with Crippen LogP contribution in [0.3, 0.4) is 0 Å². The summed E-state index contributed by atoms with van der Waals surface area (Å²) in [6.45, 7) is 5.08. The molecule has 2 heterocycles. The van der Waals surface area contributed by atoms with E-state index in [1.54, 1.807) is 0 Å². The number of hydrogen-bond donors (Lipinski definition) is 2. The highest BCUT2D eigenvalue weighted by Crippen LogP contribution is 2.33. The van der Waals surface area contributed by atoms with E-state index >= 15 is 0 Å². The Kier molecular flexibility index (Phi) is 4.88. The highest BCUT2D eigenvalue weighted by molar-refractivity contribution is 5.82. The van der Waals surface area contributed by atoms with Crippen LogP contribution in [0.4, 0.5) is 5.82 Å². The van der Waals surface area contributed by atoms with Crippen LogP contribution in [0.15, 0.2) is 72.0 Å². The van der Waals surface area contributed by atoms with Crippen molar-refractivity contribution in [1.82, 2.24) is 15.2 Å². The molecular weight excluding hydrogens is 332 g/mol. The lowest BCUT2D eigenvalue weighted by molar-refractivity contribution is 0.952. The minimum absolute atomic E-state index is 0.656. The number of aromatic amines is 1. The second kappa shape index (κ2) is 7.62. The summed E-state index contributed by atoms with van der Waals surface area (Å²) in [5.41, 5.74) is 8.50. The first-order chi connectivity index (χ1) is 13.2. The second-order valence-electron chi connectivity index (χ2n) is 7.01. The van der Waals surface area contributed by atoms with Crippen molar-refractivity contribution in [3.8, 4) is 11.3 Å². The monoisotopic (exact) mass is 356 g/mol. The number of aromatic nitrogens is 3. The van der Waals surface area contributed by atoms with Gasteiger partial charge in [0.25, 0.3) is 0 Å². The molecule has 0 radical (unpaired) electrons. The Morgan fingerprint density at radius 3 is 2.70 bits per heavy atom. The maximum Gasteiger partial charge on any atom is 0.126 e. The molecule has 0 bridgehead atoms. The average molecular weight is 356 g/mol. The van der Waals surface area contributed by atoms with Gasteiger partial charge in [-0.15, -0.1) is 0 Å². The fraction of sp³-hybridized carbons (Fsp3) is 0.217. The summed E-state index contributed by atoms with van der Waals surface area (Å²) in [5, 5.41) is 10.9. The first kappa shape index (κ1) is 17.3. The summed E-state index contributed by atoms with van der Waals surface area (Å²) in [6, 6.07) is 16.5. The molecular formula is C23H24N4. The first-order valence-electron chi connectivity index (χ1n) is 9.37. The number of anilines is 1. The fourth-order valence-electron chi connectivity index (χ4n) is 3.62. The molecule has 2 aromatic heterocycles. The van der Waals surface area contributed by atoms with E-state index in [0.717, 1.165) is 35.6 Å². The van der Waals surface area contributed by atoms with Crippen molar-refractivity contribution in [3.05, 3.63) is 83.2 Å². The number of hydrogen-bond acceptors (Lipinski definition) is 3. The predicted octanol–water partition coefficient (Wildman–Crippen LogP) is 5.60. The van der Waals surface area contributed by atoms with E-state index in [2.05, 4.69) is 70.8 Å². The highest BCUT2D eigenvalue weighted by Gasteiger charge is 2.13. The van der Waals surface area contributed by atoms with Gasteiger partial charge in [-0.2, -0.15) is 5.10 Å². The van der Waals surface area contributed by atoms with Crippen molar-refractivity contribution in [2.24, 2.45) is 0 Å². The molecule has 27 heavy (non-hydrogen) atoms. The molecule has 0 spiro atoms. The molecule has 0 saturated heterocycles. The van der Waals surface area contributed by atoms with Crippen molar-refractivity contribution in [1.29, 1.82) is 0 Å². The molecule has 0 saturated carbocycles. The zero-order valence-corrected chi connectivity index (χ0v) is 15.8. The number of pyridine rings is 1. The standard InChI is InChI=1S/C23H24N4/c1-16-7-6-8-17(2)23(16)19-11-12-24-22(13-19)25-15-20-14-21(27-26-20)18-9-4-3-5-10-18/h3-5,7,9-14H,6,8,15H2,1-2H3,(H,24,25)(H,26,27). The third-order valence-electron chi connectivity index (χ3n) is 5.00. The molecule has 4 nitrogen and oxygen atoms in total. The van der Waals surface area contributed by atoms with Gasteiger partial charge in [-0.1, -0.05) is 42.0 Å². The summed E-state index contributed by atoms with van der Waals surface area (Å²) in [4.78, 5) is 4.48. The Balaban J connectivity index is 1.48. The van der Waals surface area contributed by atoms with E-state index in [4.69, 9.17) is 0 Å². The topological polar surface area (TPSA) is 53.6 Å². The minimum Gasteiger partial charge on any atom is -0.364 e. The van der Waals surface area contributed by atoms with Crippen LogP contribution in [-0.2, 0) is 6.54 Å². The molecule has 0 unspecified atom stereocenters. The predicted molar refractivity (Wildman–Crippen MR) is 111 cm³/mol. The molecule has 0 aliphatic heterocycles. The van der Waals surface area contributed by atoms with Crippen molar-refractivity contribution in [2.75, 3.05) is 5.32 Å². The fourth-order valence-corrected chi connectivity index (χ4v) is 3.62. The largest absolute Gasteiger partial charge is 0.364 e. The zero-order valence-electron chi connectivity index (χ0n) is 15.8. The Labute approximate surface area is 160 Å². The molecule has 0 amide bonds. The lowest BCUT2D eigenvalue weighted by Gasteiger charge is -2.18. The van der Waals surface area contributed by atoms with E-state index in [1.807, 2.05) is 24.4 Å². The summed E-state index contributed by atoms with van der Waals surface area (Å²) >= 11 is 0. The summed E-state index contributed by atoms with van der Waals surface area (Å²) in [6.07, 6.45) is 6.48. The zero-order chi connectivity index (χ0) is 18.6. The lowest BCUT2D eigenvalue weighted by atomic mass is 9.88. The number of benzene rings is 1. The molecule has 1 aliphatic carbocycles. The van der Waals surface area contributed by atoms with E-state index in [0.29, 0.717) is 6.54 Å². The van der Waals surface area contributed by atoms with E-state index in [1.165, 1.54) is 22.3 Å². The smallest absolute Gasteiger partial charge is 0.126 e. The van der Waals surface area contributed by atoms with Crippen LogP contribution in [-0.4, -0.2) is 15.2 Å². The minimum atomic E-state index is 0.656. The van der Waals surface area contributed by atoms with Crippen LogP contribution >= 0.6 is 0 Å².